The second kappa shape index (κ2) is 5.25. The number of aromatic nitrogens is 1. The molecule has 0 unspecified atom stereocenters. The summed E-state index contributed by atoms with van der Waals surface area (Å²) in [6, 6.07) is 9.86. The minimum absolute atomic E-state index is 0.345. The van der Waals surface area contributed by atoms with E-state index in [1.807, 2.05) is 30.3 Å². The highest BCUT2D eigenvalue weighted by atomic mass is 16.5. The standard InChI is InChI=1S/C14H13NO2/c1-2-17-14(16)8-7-13-12-6-4-3-5-11(12)9-10-15-13/h3-10H,2H2,1H3/b8-7+. The molecule has 0 aliphatic carbocycles. The number of fused-ring (bicyclic) bond motifs is 1. The smallest absolute Gasteiger partial charge is 0.330 e. The van der Waals surface area contributed by atoms with Crippen LogP contribution in [0.3, 0.4) is 0 Å². The zero-order valence-electron chi connectivity index (χ0n) is 9.59. The second-order valence-electron chi connectivity index (χ2n) is 3.50. The van der Waals surface area contributed by atoms with Crippen LogP contribution in [-0.2, 0) is 9.53 Å². The van der Waals surface area contributed by atoms with Crippen LogP contribution in [0.4, 0.5) is 0 Å². The summed E-state index contributed by atoms with van der Waals surface area (Å²) in [5, 5.41) is 2.13. The van der Waals surface area contributed by atoms with E-state index in [9.17, 15) is 4.79 Å². The molecule has 0 aliphatic heterocycles. The zero-order chi connectivity index (χ0) is 12.1. The molecule has 0 bridgehead atoms. The normalized spacial score (nSPS) is 10.9. The summed E-state index contributed by atoms with van der Waals surface area (Å²) in [7, 11) is 0. The maximum absolute atomic E-state index is 11.2. The lowest BCUT2D eigenvalue weighted by atomic mass is 10.1. The van der Waals surface area contributed by atoms with Gasteiger partial charge >= 0.3 is 5.97 Å². The summed E-state index contributed by atoms with van der Waals surface area (Å²) >= 11 is 0. The van der Waals surface area contributed by atoms with Crippen LogP contribution < -0.4 is 0 Å². The Morgan fingerprint density at radius 1 is 1.35 bits per heavy atom. The molecular weight excluding hydrogens is 214 g/mol. The highest BCUT2D eigenvalue weighted by Gasteiger charge is 1.99. The fourth-order valence-electron chi connectivity index (χ4n) is 1.61. The van der Waals surface area contributed by atoms with Crippen molar-refractivity contribution >= 4 is 22.8 Å². The van der Waals surface area contributed by atoms with Gasteiger partial charge < -0.3 is 4.74 Å². The van der Waals surface area contributed by atoms with Gasteiger partial charge in [-0.25, -0.2) is 4.79 Å². The number of rotatable bonds is 3. The van der Waals surface area contributed by atoms with Crippen LogP contribution in [0.5, 0.6) is 0 Å². The Kier molecular flexibility index (Phi) is 3.50. The van der Waals surface area contributed by atoms with Crippen molar-refractivity contribution in [1.82, 2.24) is 4.98 Å². The molecule has 0 amide bonds. The van der Waals surface area contributed by atoms with Crippen molar-refractivity contribution in [2.24, 2.45) is 0 Å². The lowest BCUT2D eigenvalue weighted by Gasteiger charge is -2.00. The molecule has 2 aromatic rings. The summed E-state index contributed by atoms with van der Waals surface area (Å²) < 4.78 is 4.82. The van der Waals surface area contributed by atoms with Gasteiger partial charge in [0.05, 0.1) is 12.3 Å². The molecule has 1 aromatic carbocycles. The molecule has 0 aliphatic rings. The average molecular weight is 227 g/mol. The second-order valence-corrected chi connectivity index (χ2v) is 3.50. The monoisotopic (exact) mass is 227 g/mol. The molecule has 0 saturated carbocycles. The largest absolute Gasteiger partial charge is 0.463 e. The minimum Gasteiger partial charge on any atom is -0.463 e. The first-order valence-electron chi connectivity index (χ1n) is 5.50. The van der Waals surface area contributed by atoms with Gasteiger partial charge in [0.25, 0.3) is 0 Å². The molecule has 3 heteroatoms. The van der Waals surface area contributed by atoms with Crippen molar-refractivity contribution in [3.63, 3.8) is 0 Å². The third kappa shape index (κ3) is 2.69. The number of esters is 1. The number of ether oxygens (including phenoxy) is 1. The number of hydrogen-bond acceptors (Lipinski definition) is 3. The maximum atomic E-state index is 11.2. The zero-order valence-corrected chi connectivity index (χ0v) is 9.59. The van der Waals surface area contributed by atoms with Gasteiger partial charge in [0.2, 0.25) is 0 Å². The van der Waals surface area contributed by atoms with Gasteiger partial charge in [-0.3, -0.25) is 4.98 Å². The van der Waals surface area contributed by atoms with Crippen molar-refractivity contribution in [3.05, 3.63) is 48.3 Å². The number of carbonyl (C=O) groups excluding carboxylic acids is 1. The lowest BCUT2D eigenvalue weighted by Crippen LogP contribution is -1.98. The topological polar surface area (TPSA) is 39.2 Å². The Labute approximate surface area is 99.7 Å². The van der Waals surface area contributed by atoms with Crippen LogP contribution in [0, 0.1) is 0 Å². The Morgan fingerprint density at radius 2 is 2.18 bits per heavy atom. The van der Waals surface area contributed by atoms with Gasteiger partial charge in [0, 0.05) is 17.7 Å². The van der Waals surface area contributed by atoms with Crippen LogP contribution in [0.1, 0.15) is 12.6 Å². The Hall–Kier alpha value is -2.16. The Bertz CT molecular complexity index is 556. The molecule has 0 saturated heterocycles. The summed E-state index contributed by atoms with van der Waals surface area (Å²) in [5.41, 5.74) is 0.774. The SMILES string of the molecule is CCOC(=O)/C=C/c1nccc2ccccc12. The number of hydrogen-bond donors (Lipinski definition) is 0. The third-order valence-electron chi connectivity index (χ3n) is 2.37. The predicted molar refractivity (Wildman–Crippen MR) is 67.4 cm³/mol. The molecule has 17 heavy (non-hydrogen) atoms. The lowest BCUT2D eigenvalue weighted by molar-refractivity contribution is -0.137. The maximum Gasteiger partial charge on any atom is 0.330 e. The van der Waals surface area contributed by atoms with E-state index in [0.717, 1.165) is 16.5 Å². The summed E-state index contributed by atoms with van der Waals surface area (Å²) in [6.45, 7) is 2.16. The van der Waals surface area contributed by atoms with Crippen LogP contribution in [0.15, 0.2) is 42.6 Å². The fraction of sp³-hybridized carbons (Fsp3) is 0.143. The van der Waals surface area contributed by atoms with Gasteiger partial charge in [0.1, 0.15) is 0 Å². The van der Waals surface area contributed by atoms with E-state index in [2.05, 4.69) is 4.98 Å². The molecule has 2 rings (SSSR count). The van der Waals surface area contributed by atoms with Gasteiger partial charge in [-0.05, 0) is 24.5 Å². The van der Waals surface area contributed by atoms with Gasteiger partial charge in [-0.2, -0.15) is 0 Å². The first-order valence-corrected chi connectivity index (χ1v) is 5.50. The average Bonchev–Trinajstić information content (AvgIpc) is 2.36. The fourth-order valence-corrected chi connectivity index (χ4v) is 1.61. The number of pyridine rings is 1. The number of nitrogens with zero attached hydrogens (tertiary/aromatic N) is 1. The van der Waals surface area contributed by atoms with Crippen molar-refractivity contribution in [2.45, 2.75) is 6.92 Å². The van der Waals surface area contributed by atoms with E-state index in [-0.39, 0.29) is 5.97 Å². The highest BCUT2D eigenvalue weighted by Crippen LogP contribution is 2.17. The molecule has 1 aromatic heterocycles. The third-order valence-corrected chi connectivity index (χ3v) is 2.37. The first kappa shape index (κ1) is 11.3. The molecule has 3 nitrogen and oxygen atoms in total. The molecule has 0 radical (unpaired) electrons. The quantitative estimate of drug-likeness (QED) is 0.598. The van der Waals surface area contributed by atoms with Crippen LogP contribution in [0.2, 0.25) is 0 Å². The predicted octanol–water partition coefficient (Wildman–Crippen LogP) is 2.81. The van der Waals surface area contributed by atoms with E-state index in [1.54, 1.807) is 19.2 Å². The van der Waals surface area contributed by atoms with Crippen molar-refractivity contribution in [1.29, 1.82) is 0 Å². The molecular formula is C14H13NO2. The number of benzene rings is 1. The van der Waals surface area contributed by atoms with E-state index in [0.29, 0.717) is 6.61 Å². The minimum atomic E-state index is -0.345. The Morgan fingerprint density at radius 3 is 3.00 bits per heavy atom. The van der Waals surface area contributed by atoms with Gasteiger partial charge in [-0.1, -0.05) is 24.3 Å². The molecule has 0 fully saturated rings. The van der Waals surface area contributed by atoms with Crippen LogP contribution in [-0.4, -0.2) is 17.6 Å². The van der Waals surface area contributed by atoms with Crippen molar-refractivity contribution < 1.29 is 9.53 Å². The van der Waals surface area contributed by atoms with E-state index in [4.69, 9.17) is 4.74 Å². The van der Waals surface area contributed by atoms with E-state index >= 15 is 0 Å². The molecule has 1 heterocycles. The van der Waals surface area contributed by atoms with Crippen molar-refractivity contribution in [2.75, 3.05) is 6.61 Å². The summed E-state index contributed by atoms with van der Waals surface area (Å²) in [4.78, 5) is 15.5. The Balaban J connectivity index is 2.33. The summed E-state index contributed by atoms with van der Waals surface area (Å²) in [6.07, 6.45) is 4.81. The highest BCUT2D eigenvalue weighted by molar-refractivity contribution is 5.93. The van der Waals surface area contributed by atoms with E-state index in [1.165, 1.54) is 6.08 Å². The van der Waals surface area contributed by atoms with E-state index < -0.39 is 0 Å². The first-order chi connectivity index (χ1) is 8.31. The molecule has 0 atom stereocenters. The van der Waals surface area contributed by atoms with Crippen molar-refractivity contribution in [3.8, 4) is 0 Å². The summed E-state index contributed by atoms with van der Waals surface area (Å²) in [5.74, 6) is -0.345. The van der Waals surface area contributed by atoms with Gasteiger partial charge in [-0.15, -0.1) is 0 Å². The molecule has 0 N–H and O–H groups in total. The van der Waals surface area contributed by atoms with Gasteiger partial charge in [0.15, 0.2) is 0 Å². The van der Waals surface area contributed by atoms with Crippen LogP contribution >= 0.6 is 0 Å². The molecule has 86 valence electrons. The number of carbonyl (C=O) groups is 1. The molecule has 0 spiro atoms. The van der Waals surface area contributed by atoms with Crippen LogP contribution in [0.25, 0.3) is 16.8 Å².